The second kappa shape index (κ2) is 11.7. The summed E-state index contributed by atoms with van der Waals surface area (Å²) in [5.41, 5.74) is 4.00. The first-order valence-electron chi connectivity index (χ1n) is 13.7. The number of carbonyl (C=O) groups excluding carboxylic acids is 4. The molecule has 3 aliphatic rings. The third-order valence-electron chi connectivity index (χ3n) is 7.90. The van der Waals surface area contributed by atoms with Crippen molar-refractivity contribution in [2.75, 3.05) is 24.5 Å². The third kappa shape index (κ3) is 5.67. The lowest BCUT2D eigenvalue weighted by Gasteiger charge is -2.36. The van der Waals surface area contributed by atoms with Gasteiger partial charge in [-0.15, -0.1) is 0 Å². The maximum atomic E-state index is 13.1. The van der Waals surface area contributed by atoms with Gasteiger partial charge >= 0.3 is 0 Å². The second-order valence-corrected chi connectivity index (χ2v) is 11.5. The average Bonchev–Trinajstić information content (AvgIpc) is 3.30. The van der Waals surface area contributed by atoms with Gasteiger partial charge in [0, 0.05) is 42.2 Å². The van der Waals surface area contributed by atoms with Crippen molar-refractivity contribution in [2.24, 2.45) is 0 Å². The molecule has 4 amide bonds. The van der Waals surface area contributed by atoms with Gasteiger partial charge in [0.15, 0.2) is 0 Å². The number of imide groups is 1. The first kappa shape index (κ1) is 28.1. The highest BCUT2D eigenvalue weighted by molar-refractivity contribution is 6.36. The first-order valence-corrected chi connectivity index (χ1v) is 14.5. The number of nitrogens with zero attached hydrogens (tertiary/aromatic N) is 3. The Kier molecular flexibility index (Phi) is 7.79. The molecule has 2 saturated heterocycles. The summed E-state index contributed by atoms with van der Waals surface area (Å²) in [6.07, 6.45) is 0.517. The quantitative estimate of drug-likeness (QED) is 0.405. The molecule has 0 aromatic heterocycles. The Morgan fingerprint density at radius 3 is 2.43 bits per heavy atom. The van der Waals surface area contributed by atoms with Crippen LogP contribution < -0.4 is 15.0 Å². The van der Waals surface area contributed by atoms with Crippen molar-refractivity contribution >= 4 is 52.5 Å². The highest BCUT2D eigenvalue weighted by atomic mass is 35.5. The largest absolute Gasteiger partial charge is 0.489 e. The van der Waals surface area contributed by atoms with Crippen LogP contribution in [0.3, 0.4) is 0 Å². The van der Waals surface area contributed by atoms with Crippen molar-refractivity contribution in [2.45, 2.75) is 38.6 Å². The highest BCUT2D eigenvalue weighted by Gasteiger charge is 2.40. The third-order valence-corrected chi connectivity index (χ3v) is 8.44. The van der Waals surface area contributed by atoms with E-state index in [1.807, 2.05) is 46.2 Å². The molecule has 3 aliphatic heterocycles. The molecule has 3 aromatic rings. The normalized spacial score (nSPS) is 18.8. The fourth-order valence-corrected chi connectivity index (χ4v) is 6.16. The van der Waals surface area contributed by atoms with Crippen LogP contribution in [0.4, 0.5) is 5.69 Å². The molecule has 0 saturated carbocycles. The molecule has 11 heteroatoms. The first-order chi connectivity index (χ1) is 20.3. The van der Waals surface area contributed by atoms with Gasteiger partial charge in [-0.2, -0.15) is 0 Å². The second-order valence-electron chi connectivity index (χ2n) is 10.6. The molecule has 0 radical (unpaired) electrons. The van der Waals surface area contributed by atoms with E-state index in [1.54, 1.807) is 24.3 Å². The number of halogens is 2. The van der Waals surface area contributed by atoms with E-state index in [0.717, 1.165) is 22.4 Å². The number of nitrogens with one attached hydrogen (secondary N) is 1. The lowest BCUT2D eigenvalue weighted by atomic mass is 10.0. The molecule has 9 nitrogen and oxygen atoms in total. The van der Waals surface area contributed by atoms with E-state index in [-0.39, 0.29) is 37.2 Å². The number of hydrogen-bond acceptors (Lipinski definition) is 6. The maximum Gasteiger partial charge on any atom is 0.255 e. The number of rotatable bonds is 7. The monoisotopic (exact) mass is 606 g/mol. The number of benzene rings is 3. The van der Waals surface area contributed by atoms with Crippen LogP contribution in [0.2, 0.25) is 10.0 Å². The number of amides is 4. The molecule has 42 heavy (non-hydrogen) atoms. The molecule has 216 valence electrons. The topological polar surface area (TPSA) is 99.3 Å². The number of anilines is 1. The van der Waals surface area contributed by atoms with Crippen LogP contribution in [0, 0.1) is 0 Å². The number of piperazine rings is 1. The Morgan fingerprint density at radius 2 is 1.69 bits per heavy atom. The van der Waals surface area contributed by atoms with Gasteiger partial charge in [-0.25, -0.2) is 0 Å². The molecule has 0 spiro atoms. The predicted molar refractivity (Wildman–Crippen MR) is 157 cm³/mol. The maximum absolute atomic E-state index is 13.1. The van der Waals surface area contributed by atoms with Crippen LogP contribution in [-0.4, -0.2) is 59.1 Å². The summed E-state index contributed by atoms with van der Waals surface area (Å²) in [5.74, 6) is -0.378. The number of piperidine rings is 1. The van der Waals surface area contributed by atoms with Gasteiger partial charge in [0.05, 0.1) is 23.8 Å². The molecular formula is C31H28Cl2N4O5. The van der Waals surface area contributed by atoms with Gasteiger partial charge in [-0.1, -0.05) is 53.5 Å². The van der Waals surface area contributed by atoms with Crippen LogP contribution in [0.25, 0.3) is 0 Å². The van der Waals surface area contributed by atoms with Crippen molar-refractivity contribution in [1.29, 1.82) is 0 Å². The average molecular weight is 607 g/mol. The van der Waals surface area contributed by atoms with E-state index in [1.165, 1.54) is 4.90 Å². The summed E-state index contributed by atoms with van der Waals surface area (Å²) in [6.45, 7) is 2.55. The number of hydrogen-bond donors (Lipinski definition) is 1. The summed E-state index contributed by atoms with van der Waals surface area (Å²) in [6, 6.07) is 17.8. The molecular weight excluding hydrogens is 579 g/mol. The van der Waals surface area contributed by atoms with E-state index in [0.29, 0.717) is 54.0 Å². The van der Waals surface area contributed by atoms with Crippen molar-refractivity contribution in [3.05, 3.63) is 93.0 Å². The Labute approximate surface area is 252 Å². The highest BCUT2D eigenvalue weighted by Crippen LogP contribution is 2.34. The van der Waals surface area contributed by atoms with E-state index in [4.69, 9.17) is 27.9 Å². The van der Waals surface area contributed by atoms with Crippen molar-refractivity contribution in [3.63, 3.8) is 0 Å². The van der Waals surface area contributed by atoms with Gasteiger partial charge in [0.25, 0.3) is 5.91 Å². The summed E-state index contributed by atoms with van der Waals surface area (Å²) < 4.78 is 6.12. The zero-order valence-electron chi connectivity index (χ0n) is 22.6. The standard InChI is InChI=1S/C31H28Cl2N4O5/c32-21-8-9-25(24(33)14-21)35-12-13-36(29(39)17-35)15-19-4-6-20(7-5-19)18-42-27-3-1-2-22-23(27)16-37(31(22)41)26-10-11-28(38)34-30(26)40/h1-9,14,26H,10-13,15-18H2,(H,34,38,40). The lowest BCUT2D eigenvalue weighted by molar-refractivity contribution is -0.137. The zero-order valence-corrected chi connectivity index (χ0v) is 24.2. The van der Waals surface area contributed by atoms with Crippen LogP contribution in [0.15, 0.2) is 60.7 Å². The minimum absolute atomic E-state index is 0.0264. The van der Waals surface area contributed by atoms with E-state index in [9.17, 15) is 19.2 Å². The van der Waals surface area contributed by atoms with Gasteiger partial charge < -0.3 is 19.4 Å². The van der Waals surface area contributed by atoms with Gasteiger partial charge in [-0.3, -0.25) is 24.5 Å². The van der Waals surface area contributed by atoms with Crippen molar-refractivity contribution < 1.29 is 23.9 Å². The number of fused-ring (bicyclic) bond motifs is 1. The van der Waals surface area contributed by atoms with Crippen LogP contribution >= 0.6 is 23.2 Å². The molecule has 0 aliphatic carbocycles. The Balaban J connectivity index is 1.05. The van der Waals surface area contributed by atoms with Crippen LogP contribution in [-0.2, 0) is 34.1 Å². The number of carbonyl (C=O) groups is 4. The summed E-state index contributed by atoms with van der Waals surface area (Å²) >= 11 is 12.3. The smallest absolute Gasteiger partial charge is 0.255 e. The summed E-state index contributed by atoms with van der Waals surface area (Å²) in [4.78, 5) is 55.2. The predicted octanol–water partition coefficient (Wildman–Crippen LogP) is 4.18. The van der Waals surface area contributed by atoms with E-state index in [2.05, 4.69) is 5.32 Å². The molecule has 3 aromatic carbocycles. The molecule has 1 unspecified atom stereocenters. The van der Waals surface area contributed by atoms with E-state index < -0.39 is 11.9 Å². The molecule has 3 heterocycles. The fourth-order valence-electron chi connectivity index (χ4n) is 5.63. The minimum Gasteiger partial charge on any atom is -0.489 e. The Hall–Kier alpha value is -4.08. The minimum atomic E-state index is -0.673. The van der Waals surface area contributed by atoms with Gasteiger partial charge in [-0.05, 0) is 47.9 Å². The van der Waals surface area contributed by atoms with Crippen LogP contribution in [0.1, 0.15) is 39.9 Å². The molecule has 2 fully saturated rings. The molecule has 0 bridgehead atoms. The molecule has 1 atom stereocenters. The van der Waals surface area contributed by atoms with Gasteiger partial charge in [0.1, 0.15) is 18.4 Å². The zero-order chi connectivity index (χ0) is 29.4. The summed E-state index contributed by atoms with van der Waals surface area (Å²) in [7, 11) is 0. The molecule has 1 N–H and O–H groups in total. The number of ether oxygens (including phenoxy) is 1. The lowest BCUT2D eigenvalue weighted by Crippen LogP contribution is -2.52. The fraction of sp³-hybridized carbons (Fsp3) is 0.290. The van der Waals surface area contributed by atoms with Crippen molar-refractivity contribution in [3.8, 4) is 5.75 Å². The summed E-state index contributed by atoms with van der Waals surface area (Å²) in [5, 5.41) is 3.41. The van der Waals surface area contributed by atoms with Gasteiger partial charge in [0.2, 0.25) is 17.7 Å². The SMILES string of the molecule is O=C1CCC(N2Cc3c(OCc4ccc(CN5CCN(c6ccc(Cl)cc6Cl)CC5=O)cc4)cccc3C2=O)C(=O)N1. The van der Waals surface area contributed by atoms with E-state index >= 15 is 0 Å². The Bertz CT molecular complexity index is 1580. The molecule has 6 rings (SSSR count). The Morgan fingerprint density at radius 1 is 0.905 bits per heavy atom. The van der Waals surface area contributed by atoms with Crippen LogP contribution in [0.5, 0.6) is 5.75 Å². The van der Waals surface area contributed by atoms with Crippen molar-refractivity contribution in [1.82, 2.24) is 15.1 Å².